The maximum absolute atomic E-state index is 4.46. The van der Waals surface area contributed by atoms with Gasteiger partial charge in [0.25, 0.3) is 0 Å². The van der Waals surface area contributed by atoms with Gasteiger partial charge in [-0.2, -0.15) is 0 Å². The van der Waals surface area contributed by atoms with Crippen molar-refractivity contribution in [2.45, 2.75) is 6.92 Å². The van der Waals surface area contributed by atoms with Crippen LogP contribution in [0.15, 0.2) is 35.3 Å². The summed E-state index contributed by atoms with van der Waals surface area (Å²) in [4.78, 5) is 5.76. The van der Waals surface area contributed by atoms with Crippen molar-refractivity contribution < 1.29 is 0 Å². The van der Waals surface area contributed by atoms with Crippen molar-refractivity contribution in [1.82, 2.24) is 0 Å². The fraction of sp³-hybridized carbons (Fsp3) is 0.0833. The molecule has 0 fully saturated rings. The molecule has 15 heavy (non-hydrogen) atoms. The van der Waals surface area contributed by atoms with E-state index in [1.165, 1.54) is 15.4 Å². The predicted molar refractivity (Wildman–Crippen MR) is 66.0 cm³/mol. The van der Waals surface area contributed by atoms with Gasteiger partial charge in [-0.05, 0) is 25.1 Å². The van der Waals surface area contributed by atoms with E-state index in [0.717, 1.165) is 11.4 Å². The zero-order valence-electron chi connectivity index (χ0n) is 8.32. The minimum absolute atomic E-state index is 0.999. The van der Waals surface area contributed by atoms with Gasteiger partial charge in [0.2, 0.25) is 0 Å². The summed E-state index contributed by atoms with van der Waals surface area (Å²) in [6, 6.07) is 10.2. The van der Waals surface area contributed by atoms with Crippen LogP contribution in [0, 0.1) is 6.92 Å². The standard InChI is InChI=1S/C12H10N2S/c1-8-6-9-7-13-10-4-2-3-5-11(10)14-12(9)15-8/h2-7,14H,1H3. The minimum Gasteiger partial charge on any atom is -0.345 e. The highest BCUT2D eigenvalue weighted by Gasteiger charge is 2.10. The number of benzene rings is 1. The number of fused-ring (bicyclic) bond motifs is 2. The van der Waals surface area contributed by atoms with Crippen molar-refractivity contribution in [3.8, 4) is 0 Å². The van der Waals surface area contributed by atoms with Crippen LogP contribution in [0.2, 0.25) is 0 Å². The number of anilines is 2. The van der Waals surface area contributed by atoms with E-state index in [4.69, 9.17) is 0 Å². The van der Waals surface area contributed by atoms with E-state index < -0.39 is 0 Å². The number of nitrogens with one attached hydrogen (secondary N) is 1. The van der Waals surface area contributed by atoms with Gasteiger partial charge < -0.3 is 5.32 Å². The van der Waals surface area contributed by atoms with Crippen LogP contribution in [0.5, 0.6) is 0 Å². The second kappa shape index (κ2) is 3.21. The molecule has 1 aromatic carbocycles. The van der Waals surface area contributed by atoms with E-state index in [2.05, 4.69) is 29.4 Å². The third kappa shape index (κ3) is 1.45. The fourth-order valence-corrected chi connectivity index (χ4v) is 2.58. The molecule has 0 spiro atoms. The van der Waals surface area contributed by atoms with Crippen LogP contribution in [-0.2, 0) is 0 Å². The molecule has 0 bridgehead atoms. The smallest absolute Gasteiger partial charge is 0.102 e. The molecular weight excluding hydrogens is 204 g/mol. The van der Waals surface area contributed by atoms with Gasteiger partial charge in [-0.25, -0.2) is 0 Å². The lowest BCUT2D eigenvalue weighted by molar-refractivity contribution is 1.53. The molecule has 2 heterocycles. The van der Waals surface area contributed by atoms with E-state index in [-0.39, 0.29) is 0 Å². The molecule has 0 saturated carbocycles. The topological polar surface area (TPSA) is 24.4 Å². The summed E-state index contributed by atoms with van der Waals surface area (Å²) in [5.41, 5.74) is 3.25. The summed E-state index contributed by atoms with van der Waals surface area (Å²) in [5.74, 6) is 0. The fourth-order valence-electron chi connectivity index (χ4n) is 1.68. The Balaban J connectivity index is 2.17. The highest BCUT2D eigenvalue weighted by Crippen LogP contribution is 2.36. The van der Waals surface area contributed by atoms with Gasteiger partial charge in [0, 0.05) is 16.7 Å². The largest absolute Gasteiger partial charge is 0.345 e. The summed E-state index contributed by atoms with van der Waals surface area (Å²) in [6.07, 6.45) is 1.93. The summed E-state index contributed by atoms with van der Waals surface area (Å²) in [6.45, 7) is 2.11. The van der Waals surface area contributed by atoms with E-state index in [0.29, 0.717) is 0 Å². The Morgan fingerprint density at radius 3 is 3.07 bits per heavy atom. The van der Waals surface area contributed by atoms with Gasteiger partial charge in [0.1, 0.15) is 5.00 Å². The van der Waals surface area contributed by atoms with Gasteiger partial charge in [0.05, 0.1) is 11.4 Å². The Morgan fingerprint density at radius 2 is 2.13 bits per heavy atom. The van der Waals surface area contributed by atoms with Gasteiger partial charge in [-0.15, -0.1) is 11.3 Å². The zero-order valence-corrected chi connectivity index (χ0v) is 9.14. The maximum atomic E-state index is 4.46. The van der Waals surface area contributed by atoms with Crippen LogP contribution >= 0.6 is 11.3 Å². The second-order valence-electron chi connectivity index (χ2n) is 3.54. The molecule has 1 N–H and O–H groups in total. The van der Waals surface area contributed by atoms with Crippen LogP contribution in [0.1, 0.15) is 10.4 Å². The number of aliphatic imine (C=N–C) groups is 1. The van der Waals surface area contributed by atoms with Crippen molar-refractivity contribution in [2.75, 3.05) is 5.32 Å². The Labute approximate surface area is 92.3 Å². The van der Waals surface area contributed by atoms with E-state index in [1.807, 2.05) is 24.4 Å². The van der Waals surface area contributed by atoms with E-state index in [1.54, 1.807) is 11.3 Å². The van der Waals surface area contributed by atoms with Gasteiger partial charge in [0.15, 0.2) is 0 Å². The normalized spacial score (nSPS) is 12.6. The first-order valence-corrected chi connectivity index (χ1v) is 5.65. The molecule has 0 aliphatic carbocycles. The first kappa shape index (κ1) is 8.68. The van der Waals surface area contributed by atoms with Crippen LogP contribution < -0.4 is 5.32 Å². The number of aryl methyl sites for hydroxylation is 1. The molecule has 3 rings (SSSR count). The summed E-state index contributed by atoms with van der Waals surface area (Å²) in [7, 11) is 0. The molecule has 0 saturated heterocycles. The number of para-hydroxylation sites is 2. The van der Waals surface area contributed by atoms with Crippen molar-refractivity contribution in [3.63, 3.8) is 0 Å². The van der Waals surface area contributed by atoms with Crippen molar-refractivity contribution in [3.05, 3.63) is 40.8 Å². The number of thiophene rings is 1. The van der Waals surface area contributed by atoms with Gasteiger partial charge in [-0.1, -0.05) is 12.1 Å². The molecule has 0 atom stereocenters. The molecule has 74 valence electrons. The maximum Gasteiger partial charge on any atom is 0.102 e. The van der Waals surface area contributed by atoms with Crippen LogP contribution in [0.25, 0.3) is 0 Å². The number of hydrogen-bond acceptors (Lipinski definition) is 3. The van der Waals surface area contributed by atoms with Crippen molar-refractivity contribution >= 4 is 33.9 Å². The Kier molecular flexibility index (Phi) is 1.86. The SMILES string of the molecule is Cc1cc2c(s1)Nc1ccccc1N=C2. The average molecular weight is 214 g/mol. The summed E-state index contributed by atoms with van der Waals surface area (Å²) < 4.78 is 0. The highest BCUT2D eigenvalue weighted by atomic mass is 32.1. The third-order valence-corrected chi connectivity index (χ3v) is 3.36. The van der Waals surface area contributed by atoms with Gasteiger partial charge in [-0.3, -0.25) is 4.99 Å². The quantitative estimate of drug-likeness (QED) is 0.603. The summed E-state index contributed by atoms with van der Waals surface area (Å²) >= 11 is 1.76. The summed E-state index contributed by atoms with van der Waals surface area (Å²) in [5, 5.41) is 4.60. The molecular formula is C12H10N2S. The molecule has 1 aromatic heterocycles. The molecule has 1 aliphatic rings. The Bertz CT molecular complexity index is 540. The van der Waals surface area contributed by atoms with Gasteiger partial charge >= 0.3 is 0 Å². The lowest BCUT2D eigenvalue weighted by atomic mass is 10.3. The van der Waals surface area contributed by atoms with Crippen molar-refractivity contribution in [2.24, 2.45) is 4.99 Å². The molecule has 2 aromatic rings. The zero-order chi connectivity index (χ0) is 10.3. The third-order valence-electron chi connectivity index (χ3n) is 2.38. The second-order valence-corrected chi connectivity index (χ2v) is 4.80. The predicted octanol–water partition coefficient (Wildman–Crippen LogP) is 3.86. The Hall–Kier alpha value is -1.61. The monoisotopic (exact) mass is 214 g/mol. The molecule has 1 aliphatic heterocycles. The van der Waals surface area contributed by atoms with Crippen LogP contribution in [0.3, 0.4) is 0 Å². The van der Waals surface area contributed by atoms with Crippen LogP contribution in [0.4, 0.5) is 16.4 Å². The van der Waals surface area contributed by atoms with Crippen molar-refractivity contribution in [1.29, 1.82) is 0 Å². The number of rotatable bonds is 0. The molecule has 3 heteroatoms. The first-order chi connectivity index (χ1) is 7.33. The van der Waals surface area contributed by atoms with E-state index >= 15 is 0 Å². The minimum atomic E-state index is 0.999. The highest BCUT2D eigenvalue weighted by molar-refractivity contribution is 7.16. The molecule has 0 amide bonds. The molecule has 2 nitrogen and oxygen atoms in total. The molecule has 0 radical (unpaired) electrons. The average Bonchev–Trinajstić information content (AvgIpc) is 2.49. The lowest BCUT2D eigenvalue weighted by Crippen LogP contribution is -1.87. The first-order valence-electron chi connectivity index (χ1n) is 4.83. The number of hydrogen-bond donors (Lipinski definition) is 1. The Morgan fingerprint density at radius 1 is 1.27 bits per heavy atom. The molecule has 0 unspecified atom stereocenters. The van der Waals surface area contributed by atoms with E-state index in [9.17, 15) is 0 Å². The number of nitrogens with zero attached hydrogens (tertiary/aromatic N) is 1. The van der Waals surface area contributed by atoms with Crippen LogP contribution in [-0.4, -0.2) is 6.21 Å². The lowest BCUT2D eigenvalue weighted by Gasteiger charge is -2.04.